The molecule has 358 valence electrons. The number of unbranched alkanes of at least 4 members (excludes halogenated alkanes) is 1. The minimum atomic E-state index is -1.95. The molecule has 25 heteroatoms. The van der Waals surface area contributed by atoms with E-state index < -0.39 is 140 Å². The lowest BCUT2D eigenvalue weighted by Gasteiger charge is -2.27. The van der Waals surface area contributed by atoms with Crippen molar-refractivity contribution in [1.29, 1.82) is 0 Å². The molecular formula is C39H61N9O16. The molecule has 0 saturated carbocycles. The second kappa shape index (κ2) is 28.3. The predicted molar refractivity (Wildman–Crippen MR) is 222 cm³/mol. The molecule has 64 heavy (non-hydrogen) atoms. The molecule has 7 amide bonds. The third kappa shape index (κ3) is 20.6. The lowest BCUT2D eigenvalue weighted by atomic mass is 10.0. The fraction of sp³-hybridized carbons (Fsp3) is 0.590. The highest BCUT2D eigenvalue weighted by Gasteiger charge is 2.34. The Bertz CT molecular complexity index is 1780. The van der Waals surface area contributed by atoms with Crippen molar-refractivity contribution in [3.8, 4) is 5.75 Å². The summed E-state index contributed by atoms with van der Waals surface area (Å²) in [5.74, 6) is -12.0. The van der Waals surface area contributed by atoms with Crippen LogP contribution in [0.15, 0.2) is 24.3 Å². The number of carboxylic acid groups (broad SMARTS) is 3. The van der Waals surface area contributed by atoms with Crippen LogP contribution in [0.1, 0.15) is 71.3 Å². The van der Waals surface area contributed by atoms with Crippen molar-refractivity contribution < 1.29 is 78.6 Å². The van der Waals surface area contributed by atoms with Gasteiger partial charge in [0.05, 0.1) is 19.6 Å². The lowest BCUT2D eigenvalue weighted by molar-refractivity contribution is -0.147. The number of benzene rings is 1. The number of hydrogen-bond donors (Lipinski definition) is 15. The van der Waals surface area contributed by atoms with Gasteiger partial charge in [0, 0.05) is 12.8 Å². The summed E-state index contributed by atoms with van der Waals surface area (Å²) in [6.45, 7) is 3.16. The van der Waals surface area contributed by atoms with E-state index in [1.807, 2.05) is 10.6 Å². The van der Waals surface area contributed by atoms with Crippen LogP contribution in [-0.4, -0.2) is 158 Å². The van der Waals surface area contributed by atoms with Gasteiger partial charge in [0.25, 0.3) is 0 Å². The van der Waals surface area contributed by atoms with Crippen molar-refractivity contribution in [3.63, 3.8) is 0 Å². The van der Waals surface area contributed by atoms with Gasteiger partial charge in [-0.3, -0.25) is 43.2 Å². The number of aliphatic hydroxyl groups is 2. The molecule has 1 aromatic carbocycles. The minimum Gasteiger partial charge on any atom is -0.508 e. The number of phenolic OH excluding ortho intramolecular Hbond substituents is 1. The average Bonchev–Trinajstić information content (AvgIpc) is 3.22. The fourth-order valence-electron chi connectivity index (χ4n) is 5.77. The van der Waals surface area contributed by atoms with Gasteiger partial charge in [0.1, 0.15) is 54.1 Å². The maximum absolute atomic E-state index is 13.9. The van der Waals surface area contributed by atoms with Gasteiger partial charge in [-0.25, -0.2) is 4.79 Å². The van der Waals surface area contributed by atoms with Crippen molar-refractivity contribution in [2.24, 2.45) is 17.4 Å². The molecule has 0 bridgehead atoms. The van der Waals surface area contributed by atoms with Crippen LogP contribution in [0.5, 0.6) is 5.75 Å². The van der Waals surface area contributed by atoms with Crippen LogP contribution in [0.4, 0.5) is 0 Å². The van der Waals surface area contributed by atoms with E-state index in [0.717, 1.165) is 0 Å². The zero-order valence-corrected chi connectivity index (χ0v) is 35.7. The summed E-state index contributed by atoms with van der Waals surface area (Å²) in [7, 11) is 0. The molecule has 8 unspecified atom stereocenters. The van der Waals surface area contributed by atoms with E-state index in [2.05, 4.69) is 26.6 Å². The Morgan fingerprint density at radius 3 is 1.56 bits per heavy atom. The molecule has 25 nitrogen and oxygen atoms in total. The van der Waals surface area contributed by atoms with E-state index in [1.54, 1.807) is 13.8 Å². The molecule has 0 spiro atoms. The Morgan fingerprint density at radius 1 is 0.562 bits per heavy atom. The molecular weight excluding hydrogens is 850 g/mol. The van der Waals surface area contributed by atoms with Gasteiger partial charge >= 0.3 is 17.9 Å². The van der Waals surface area contributed by atoms with Crippen LogP contribution in [0.3, 0.4) is 0 Å². The summed E-state index contributed by atoms with van der Waals surface area (Å²) in [5, 5.41) is 72.6. The number of rotatable bonds is 30. The molecule has 0 fully saturated rings. The van der Waals surface area contributed by atoms with Gasteiger partial charge in [0.15, 0.2) is 0 Å². The number of nitrogens with two attached hydrogens (primary N) is 2. The number of aliphatic hydroxyl groups excluding tert-OH is 2. The summed E-state index contributed by atoms with van der Waals surface area (Å²) in [4.78, 5) is 127. The second-order valence-electron chi connectivity index (χ2n) is 15.2. The van der Waals surface area contributed by atoms with Gasteiger partial charge in [-0.1, -0.05) is 26.0 Å². The van der Waals surface area contributed by atoms with Crippen molar-refractivity contribution >= 4 is 59.3 Å². The van der Waals surface area contributed by atoms with Crippen LogP contribution in [-0.2, 0) is 54.4 Å². The molecule has 17 N–H and O–H groups in total. The van der Waals surface area contributed by atoms with E-state index >= 15 is 0 Å². The minimum absolute atomic E-state index is 0.0285. The SMILES string of the molecule is CC(C)CC(NC(=O)C(N)CO)C(=O)NC(CCCCN)C(=O)NC(Cc1ccc(O)cc1)C(=O)NC(C)C(=O)NC(CCC(=O)O)C(=O)NC(CO)C(=O)NC(CC(=O)O)C(=O)O. The topological polar surface area (TPSA) is 428 Å². The van der Waals surface area contributed by atoms with Crippen molar-refractivity contribution in [1.82, 2.24) is 37.2 Å². The lowest BCUT2D eigenvalue weighted by Crippen LogP contribution is -2.60. The molecule has 1 rings (SSSR count). The molecule has 0 aliphatic heterocycles. The maximum atomic E-state index is 13.9. The largest absolute Gasteiger partial charge is 0.508 e. The number of nitrogens with one attached hydrogen (secondary N) is 7. The van der Waals surface area contributed by atoms with Crippen LogP contribution in [0, 0.1) is 5.92 Å². The van der Waals surface area contributed by atoms with E-state index in [4.69, 9.17) is 16.6 Å². The number of carbonyl (C=O) groups excluding carboxylic acids is 7. The highest BCUT2D eigenvalue weighted by molar-refractivity contribution is 5.98. The number of aromatic hydroxyl groups is 1. The van der Waals surface area contributed by atoms with Crippen LogP contribution >= 0.6 is 0 Å². The predicted octanol–water partition coefficient (Wildman–Crippen LogP) is -4.74. The Kier molecular flexibility index (Phi) is 24.6. The summed E-state index contributed by atoms with van der Waals surface area (Å²) in [6, 6.07) is -6.81. The van der Waals surface area contributed by atoms with E-state index in [9.17, 15) is 73.5 Å². The van der Waals surface area contributed by atoms with Crippen LogP contribution in [0.2, 0.25) is 0 Å². The Hall–Kier alpha value is -6.44. The molecule has 0 heterocycles. The van der Waals surface area contributed by atoms with E-state index in [1.165, 1.54) is 31.2 Å². The average molecular weight is 912 g/mol. The van der Waals surface area contributed by atoms with E-state index in [0.29, 0.717) is 18.4 Å². The number of amides is 7. The third-order valence-corrected chi connectivity index (χ3v) is 9.30. The Morgan fingerprint density at radius 2 is 1.05 bits per heavy atom. The first-order valence-corrected chi connectivity index (χ1v) is 20.3. The monoisotopic (exact) mass is 911 g/mol. The standard InChI is InChI=1S/C39H61N9O16/c1-19(2)14-26(45-33(57)23(41)17-49)37(61)44-24(6-4-5-13-40)34(58)46-27(15-21-7-9-22(51)10-8-21)36(60)42-20(3)32(56)43-25(11-12-30(52)53)35(59)48-29(18-50)38(62)47-28(39(63)64)16-31(54)55/h7-10,19-20,23-29,49-51H,4-6,11-18,40-41H2,1-3H3,(H,42,60)(H,43,56)(H,44,61)(H,45,57)(H,46,58)(H,47,62)(H,48,59)(H,52,53)(H,54,55)(H,63,64). The van der Waals surface area contributed by atoms with Gasteiger partial charge in [-0.15, -0.1) is 0 Å². The summed E-state index contributed by atoms with van der Waals surface area (Å²) in [6.07, 6.45) is -1.65. The van der Waals surface area contributed by atoms with Gasteiger partial charge < -0.3 is 79.3 Å². The van der Waals surface area contributed by atoms with E-state index in [-0.39, 0.29) is 37.5 Å². The van der Waals surface area contributed by atoms with Gasteiger partial charge in [0.2, 0.25) is 41.4 Å². The Labute approximate surface area is 367 Å². The summed E-state index contributed by atoms with van der Waals surface area (Å²) < 4.78 is 0. The van der Waals surface area contributed by atoms with Crippen molar-refractivity contribution in [3.05, 3.63) is 29.8 Å². The number of aliphatic carboxylic acids is 3. The van der Waals surface area contributed by atoms with Crippen LogP contribution < -0.4 is 48.7 Å². The normalized spacial score (nSPS) is 14.8. The Balaban J connectivity index is 3.38. The highest BCUT2D eigenvalue weighted by atomic mass is 16.4. The second-order valence-corrected chi connectivity index (χ2v) is 15.2. The van der Waals surface area contributed by atoms with Crippen molar-refractivity contribution in [2.75, 3.05) is 19.8 Å². The number of hydrogen-bond acceptors (Lipinski definition) is 15. The smallest absolute Gasteiger partial charge is 0.326 e. The van der Waals surface area contributed by atoms with Crippen molar-refractivity contribution in [2.45, 2.75) is 120 Å². The molecule has 0 radical (unpaired) electrons. The molecule has 0 aliphatic carbocycles. The maximum Gasteiger partial charge on any atom is 0.326 e. The molecule has 8 atom stereocenters. The first-order chi connectivity index (χ1) is 30.0. The number of carbonyl (C=O) groups is 10. The molecule has 1 aromatic rings. The zero-order valence-electron chi connectivity index (χ0n) is 35.7. The molecule has 0 aliphatic rings. The van der Waals surface area contributed by atoms with Gasteiger partial charge in [-0.2, -0.15) is 0 Å². The summed E-state index contributed by atoms with van der Waals surface area (Å²) in [5.41, 5.74) is 11.7. The van der Waals surface area contributed by atoms with Gasteiger partial charge in [-0.05, 0) is 69.2 Å². The quantitative estimate of drug-likeness (QED) is 0.0322. The number of carboxylic acids is 3. The highest BCUT2D eigenvalue weighted by Crippen LogP contribution is 2.13. The first kappa shape index (κ1) is 55.6. The summed E-state index contributed by atoms with van der Waals surface area (Å²) >= 11 is 0. The molecule has 0 aromatic heterocycles. The number of phenols is 1. The molecule has 0 saturated heterocycles. The first-order valence-electron chi connectivity index (χ1n) is 20.3. The zero-order chi connectivity index (χ0) is 48.7. The third-order valence-electron chi connectivity index (χ3n) is 9.30. The fourth-order valence-corrected chi connectivity index (χ4v) is 5.77. The van der Waals surface area contributed by atoms with Crippen LogP contribution in [0.25, 0.3) is 0 Å².